The highest BCUT2D eigenvalue weighted by Gasteiger charge is 2.42. The average molecular weight is 297 g/mol. The monoisotopic (exact) mass is 296 g/mol. The first-order valence-corrected chi connectivity index (χ1v) is 7.39. The fourth-order valence-corrected chi connectivity index (χ4v) is 4.39. The number of halogens is 1. The second-order valence-corrected chi connectivity index (χ2v) is 7.71. The lowest BCUT2D eigenvalue weighted by atomic mass is 10.4. The molecule has 0 bridgehead atoms. The van der Waals surface area contributed by atoms with E-state index in [2.05, 4.69) is 4.72 Å². The summed E-state index contributed by atoms with van der Waals surface area (Å²) in [6.07, 6.45) is 1.54. The number of nitro groups is 1. The van der Waals surface area contributed by atoms with Crippen molar-refractivity contribution in [3.63, 3.8) is 0 Å². The Bertz CT molecular complexity index is 576. The first-order valence-electron chi connectivity index (χ1n) is 4.71. The quantitative estimate of drug-likeness (QED) is 0.681. The van der Waals surface area contributed by atoms with Crippen LogP contribution in [0.5, 0.6) is 0 Å². The van der Waals surface area contributed by atoms with Gasteiger partial charge in [-0.15, -0.1) is 11.3 Å². The third-order valence-electron chi connectivity index (χ3n) is 2.49. The van der Waals surface area contributed by atoms with Gasteiger partial charge in [0.25, 0.3) is 15.7 Å². The molecule has 1 aromatic heterocycles. The molecular formula is C8H9ClN2O4S2. The van der Waals surface area contributed by atoms with Crippen LogP contribution in [0.25, 0.3) is 0 Å². The highest BCUT2D eigenvalue weighted by Crippen LogP contribution is 2.39. The summed E-state index contributed by atoms with van der Waals surface area (Å²) in [6.45, 7) is 1.79. The molecule has 0 saturated heterocycles. The van der Waals surface area contributed by atoms with Gasteiger partial charge in [0, 0.05) is 11.6 Å². The minimum Gasteiger partial charge on any atom is -0.258 e. The number of hydrogen-bond donors (Lipinski definition) is 1. The standard InChI is InChI=1S/C8H9ClN2O4S2/c1-8(2-3-8)10-17(14,15)6-4-5(11(12)13)7(9)16-6/h4,10H,2-3H2,1H3. The maximum absolute atomic E-state index is 11.9. The van der Waals surface area contributed by atoms with E-state index >= 15 is 0 Å². The van der Waals surface area contributed by atoms with Gasteiger partial charge in [0.2, 0.25) is 0 Å². The number of hydrogen-bond acceptors (Lipinski definition) is 5. The summed E-state index contributed by atoms with van der Waals surface area (Å²) >= 11 is 6.31. The van der Waals surface area contributed by atoms with Crippen LogP contribution in [0.3, 0.4) is 0 Å². The zero-order chi connectivity index (χ0) is 12.8. The molecule has 0 spiro atoms. The maximum Gasteiger partial charge on any atom is 0.300 e. The lowest BCUT2D eigenvalue weighted by Crippen LogP contribution is -2.33. The summed E-state index contributed by atoms with van der Waals surface area (Å²) in [5.41, 5.74) is -0.789. The molecule has 1 fully saturated rings. The lowest BCUT2D eigenvalue weighted by Gasteiger charge is -2.09. The molecule has 6 nitrogen and oxygen atoms in total. The smallest absolute Gasteiger partial charge is 0.258 e. The number of sulfonamides is 1. The molecule has 0 aliphatic heterocycles. The van der Waals surface area contributed by atoms with E-state index in [-0.39, 0.29) is 14.2 Å². The Labute approximate surface area is 107 Å². The summed E-state index contributed by atoms with van der Waals surface area (Å²) in [6, 6.07) is 0.987. The van der Waals surface area contributed by atoms with Crippen LogP contribution in [0.4, 0.5) is 5.69 Å². The normalized spacial score (nSPS) is 18.0. The molecule has 94 valence electrons. The van der Waals surface area contributed by atoms with Crippen LogP contribution in [-0.2, 0) is 10.0 Å². The van der Waals surface area contributed by atoms with E-state index in [1.807, 2.05) is 0 Å². The molecule has 0 radical (unpaired) electrons. The van der Waals surface area contributed by atoms with Crippen molar-refractivity contribution in [3.05, 3.63) is 20.5 Å². The second-order valence-electron chi connectivity index (χ2n) is 4.15. The SMILES string of the molecule is CC1(NS(=O)(=O)c2cc([N+](=O)[O-])c(Cl)s2)CC1. The van der Waals surface area contributed by atoms with Gasteiger partial charge in [-0.05, 0) is 19.8 Å². The van der Waals surface area contributed by atoms with Crippen molar-refractivity contribution in [2.24, 2.45) is 0 Å². The maximum atomic E-state index is 11.9. The van der Waals surface area contributed by atoms with E-state index in [0.717, 1.165) is 18.9 Å². The molecule has 1 aliphatic rings. The van der Waals surface area contributed by atoms with Gasteiger partial charge in [0.1, 0.15) is 4.21 Å². The molecule has 0 aromatic carbocycles. The van der Waals surface area contributed by atoms with E-state index < -0.39 is 20.5 Å². The van der Waals surface area contributed by atoms with Crippen molar-refractivity contribution in [3.8, 4) is 0 Å². The summed E-state index contributed by atoms with van der Waals surface area (Å²) < 4.78 is 26.0. The zero-order valence-corrected chi connectivity index (χ0v) is 11.2. The number of rotatable bonds is 4. The summed E-state index contributed by atoms with van der Waals surface area (Å²) in [5.74, 6) is 0. The average Bonchev–Trinajstić information content (AvgIpc) is 2.75. The van der Waals surface area contributed by atoms with Crippen LogP contribution >= 0.6 is 22.9 Å². The van der Waals surface area contributed by atoms with E-state index in [1.165, 1.54) is 0 Å². The molecule has 2 rings (SSSR count). The molecule has 9 heteroatoms. The van der Waals surface area contributed by atoms with Crippen LogP contribution in [-0.4, -0.2) is 18.9 Å². The molecule has 1 aliphatic carbocycles. The van der Waals surface area contributed by atoms with E-state index in [9.17, 15) is 18.5 Å². The molecule has 1 aromatic rings. The zero-order valence-electron chi connectivity index (χ0n) is 8.77. The van der Waals surface area contributed by atoms with Crippen molar-refractivity contribution in [2.75, 3.05) is 0 Å². The molecule has 0 amide bonds. The Hall–Kier alpha value is -0.700. The minimum absolute atomic E-state index is 0.123. The van der Waals surface area contributed by atoms with Crippen molar-refractivity contribution in [1.29, 1.82) is 0 Å². The second kappa shape index (κ2) is 3.91. The third kappa shape index (κ3) is 2.59. The summed E-state index contributed by atoms with van der Waals surface area (Å²) in [4.78, 5) is 9.87. The van der Waals surface area contributed by atoms with Gasteiger partial charge >= 0.3 is 0 Å². The van der Waals surface area contributed by atoms with Crippen LogP contribution in [0.1, 0.15) is 19.8 Å². The van der Waals surface area contributed by atoms with Crippen LogP contribution in [0.2, 0.25) is 4.34 Å². The highest BCUT2D eigenvalue weighted by atomic mass is 35.5. The lowest BCUT2D eigenvalue weighted by molar-refractivity contribution is -0.384. The van der Waals surface area contributed by atoms with Crippen LogP contribution < -0.4 is 4.72 Å². The molecule has 0 atom stereocenters. The van der Waals surface area contributed by atoms with E-state index in [4.69, 9.17) is 11.6 Å². The molecule has 17 heavy (non-hydrogen) atoms. The van der Waals surface area contributed by atoms with Gasteiger partial charge in [-0.2, -0.15) is 0 Å². The molecule has 1 heterocycles. The Morgan fingerprint density at radius 2 is 2.18 bits per heavy atom. The predicted molar refractivity (Wildman–Crippen MR) is 63.9 cm³/mol. The van der Waals surface area contributed by atoms with Crippen LogP contribution in [0.15, 0.2) is 10.3 Å². The fourth-order valence-electron chi connectivity index (χ4n) is 1.26. The van der Waals surface area contributed by atoms with Crippen molar-refractivity contribution in [1.82, 2.24) is 4.72 Å². The minimum atomic E-state index is -3.71. The Kier molecular flexibility index (Phi) is 2.93. The van der Waals surface area contributed by atoms with Gasteiger partial charge in [-0.3, -0.25) is 10.1 Å². The summed E-state index contributed by atoms with van der Waals surface area (Å²) in [5, 5.41) is 10.6. The third-order valence-corrected chi connectivity index (χ3v) is 5.94. The fraction of sp³-hybridized carbons (Fsp3) is 0.500. The van der Waals surface area contributed by atoms with Gasteiger partial charge in [0.05, 0.1) is 4.92 Å². The first-order chi connectivity index (χ1) is 7.73. The Morgan fingerprint density at radius 3 is 2.59 bits per heavy atom. The number of nitrogens with one attached hydrogen (secondary N) is 1. The van der Waals surface area contributed by atoms with Crippen molar-refractivity contribution >= 4 is 38.6 Å². The first kappa shape index (κ1) is 12.7. The number of nitrogens with zero attached hydrogens (tertiary/aromatic N) is 1. The summed E-state index contributed by atoms with van der Waals surface area (Å²) in [7, 11) is -3.71. The van der Waals surface area contributed by atoms with Gasteiger partial charge in [-0.25, -0.2) is 13.1 Å². The topological polar surface area (TPSA) is 89.3 Å². The largest absolute Gasteiger partial charge is 0.300 e. The Morgan fingerprint density at radius 1 is 1.59 bits per heavy atom. The van der Waals surface area contributed by atoms with Gasteiger partial charge in [0.15, 0.2) is 4.34 Å². The van der Waals surface area contributed by atoms with Crippen molar-refractivity contribution in [2.45, 2.75) is 29.5 Å². The molecular weight excluding hydrogens is 288 g/mol. The molecule has 0 unspecified atom stereocenters. The van der Waals surface area contributed by atoms with Gasteiger partial charge in [-0.1, -0.05) is 11.6 Å². The van der Waals surface area contributed by atoms with Gasteiger partial charge < -0.3 is 0 Å². The van der Waals surface area contributed by atoms with E-state index in [0.29, 0.717) is 11.3 Å². The highest BCUT2D eigenvalue weighted by molar-refractivity contribution is 7.91. The van der Waals surface area contributed by atoms with Crippen molar-refractivity contribution < 1.29 is 13.3 Å². The van der Waals surface area contributed by atoms with Crippen LogP contribution in [0, 0.1) is 10.1 Å². The molecule has 1 N–H and O–H groups in total. The molecule has 1 saturated carbocycles. The number of thiophene rings is 1. The van der Waals surface area contributed by atoms with E-state index in [1.54, 1.807) is 6.92 Å². The predicted octanol–water partition coefficient (Wildman–Crippen LogP) is 2.14. The Balaban J connectivity index is 2.33.